The van der Waals surface area contributed by atoms with Gasteiger partial charge in [-0.1, -0.05) is 24.3 Å². The minimum absolute atomic E-state index is 0.299. The number of nitrogens with zero attached hydrogens (tertiary/aromatic N) is 1. The van der Waals surface area contributed by atoms with Crippen LogP contribution in [0, 0.1) is 6.92 Å². The van der Waals surface area contributed by atoms with E-state index < -0.39 is 6.03 Å². The molecular formula is C15H23N3O2. The molecule has 0 saturated carbocycles. The third-order valence-electron chi connectivity index (χ3n) is 3.30. The first kappa shape index (κ1) is 16.2. The first-order chi connectivity index (χ1) is 9.45. The second-order valence-electron chi connectivity index (χ2n) is 4.87. The number of amides is 3. The number of nitrogens with one attached hydrogen (secondary N) is 2. The number of likely N-dealkylation sites (N-methyl/N-ethyl adjacent to an activating group) is 1. The molecule has 0 aliphatic heterocycles. The van der Waals surface area contributed by atoms with Crippen LogP contribution in [0.5, 0.6) is 0 Å². The molecule has 0 bridgehead atoms. The van der Waals surface area contributed by atoms with E-state index in [0.29, 0.717) is 13.1 Å². The van der Waals surface area contributed by atoms with Crippen LogP contribution in [0.2, 0.25) is 0 Å². The van der Waals surface area contributed by atoms with E-state index in [-0.39, 0.29) is 11.9 Å². The van der Waals surface area contributed by atoms with Gasteiger partial charge >= 0.3 is 6.03 Å². The number of hydrogen-bond acceptors (Lipinski definition) is 3. The molecule has 1 aromatic rings. The van der Waals surface area contributed by atoms with Gasteiger partial charge in [0.1, 0.15) is 0 Å². The fourth-order valence-electron chi connectivity index (χ4n) is 1.81. The number of imide groups is 1. The van der Waals surface area contributed by atoms with Crippen molar-refractivity contribution in [3.05, 3.63) is 35.4 Å². The lowest BCUT2D eigenvalue weighted by molar-refractivity contribution is -0.124. The highest BCUT2D eigenvalue weighted by molar-refractivity contribution is 5.96. The first-order valence-electron chi connectivity index (χ1n) is 6.79. The largest absolute Gasteiger partial charge is 0.338 e. The standard InChI is InChI=1S/C15H23N3O2/c1-5-16-15(20)17-14(19)12(3)18(4)10-13-9-7-6-8-11(13)2/h6-9,12H,5,10H2,1-4H3,(H2,16,17,19,20)/t12-/m1/s1. The van der Waals surface area contributed by atoms with Crippen molar-refractivity contribution >= 4 is 11.9 Å². The van der Waals surface area contributed by atoms with Crippen LogP contribution in [-0.4, -0.2) is 36.5 Å². The average molecular weight is 277 g/mol. The zero-order valence-corrected chi connectivity index (χ0v) is 12.6. The normalized spacial score (nSPS) is 12.1. The number of rotatable bonds is 5. The van der Waals surface area contributed by atoms with Crippen molar-refractivity contribution in [3.8, 4) is 0 Å². The van der Waals surface area contributed by atoms with Gasteiger partial charge in [-0.25, -0.2) is 4.79 Å². The Hall–Kier alpha value is -1.88. The third-order valence-corrected chi connectivity index (χ3v) is 3.30. The third kappa shape index (κ3) is 4.66. The summed E-state index contributed by atoms with van der Waals surface area (Å²) in [7, 11) is 1.87. The molecular weight excluding hydrogens is 254 g/mol. The Morgan fingerprint density at radius 3 is 2.55 bits per heavy atom. The van der Waals surface area contributed by atoms with Gasteiger partial charge in [-0.05, 0) is 38.9 Å². The molecule has 1 aromatic carbocycles. The highest BCUT2D eigenvalue weighted by Gasteiger charge is 2.20. The monoisotopic (exact) mass is 277 g/mol. The van der Waals surface area contributed by atoms with Crippen molar-refractivity contribution < 1.29 is 9.59 Å². The zero-order chi connectivity index (χ0) is 15.1. The van der Waals surface area contributed by atoms with Gasteiger partial charge in [0.25, 0.3) is 0 Å². The van der Waals surface area contributed by atoms with Gasteiger partial charge in [0.2, 0.25) is 5.91 Å². The molecule has 1 atom stereocenters. The van der Waals surface area contributed by atoms with E-state index in [1.54, 1.807) is 13.8 Å². The molecule has 0 saturated heterocycles. The first-order valence-corrected chi connectivity index (χ1v) is 6.79. The highest BCUT2D eigenvalue weighted by atomic mass is 16.2. The van der Waals surface area contributed by atoms with Gasteiger partial charge < -0.3 is 5.32 Å². The van der Waals surface area contributed by atoms with Crippen LogP contribution in [0.3, 0.4) is 0 Å². The molecule has 0 spiro atoms. The van der Waals surface area contributed by atoms with Crippen molar-refractivity contribution in [2.75, 3.05) is 13.6 Å². The number of hydrogen-bond donors (Lipinski definition) is 2. The van der Waals surface area contributed by atoms with Crippen molar-refractivity contribution in [1.29, 1.82) is 0 Å². The van der Waals surface area contributed by atoms with Crippen molar-refractivity contribution in [3.63, 3.8) is 0 Å². The summed E-state index contributed by atoms with van der Waals surface area (Å²) in [6, 6.07) is 7.23. The van der Waals surface area contributed by atoms with E-state index in [0.717, 1.165) is 0 Å². The Bertz CT molecular complexity index is 474. The topological polar surface area (TPSA) is 61.4 Å². The SMILES string of the molecule is CCNC(=O)NC(=O)[C@@H](C)N(C)Cc1ccccc1C. The minimum atomic E-state index is -0.450. The molecule has 5 nitrogen and oxygen atoms in total. The van der Waals surface area contributed by atoms with E-state index >= 15 is 0 Å². The molecule has 110 valence electrons. The number of carbonyl (C=O) groups excluding carboxylic acids is 2. The molecule has 5 heteroatoms. The van der Waals surface area contributed by atoms with Gasteiger partial charge in [0.05, 0.1) is 6.04 Å². The van der Waals surface area contributed by atoms with E-state index in [4.69, 9.17) is 0 Å². The van der Waals surface area contributed by atoms with E-state index in [9.17, 15) is 9.59 Å². The van der Waals surface area contributed by atoms with Gasteiger partial charge in [-0.3, -0.25) is 15.0 Å². The fraction of sp³-hybridized carbons (Fsp3) is 0.467. The number of aryl methyl sites for hydroxylation is 1. The lowest BCUT2D eigenvalue weighted by atomic mass is 10.1. The van der Waals surface area contributed by atoms with Crippen LogP contribution < -0.4 is 10.6 Å². The second-order valence-corrected chi connectivity index (χ2v) is 4.87. The van der Waals surface area contributed by atoms with Gasteiger partial charge in [0, 0.05) is 13.1 Å². The molecule has 3 amide bonds. The Labute approximate surface area is 120 Å². The van der Waals surface area contributed by atoms with Crippen LogP contribution in [-0.2, 0) is 11.3 Å². The van der Waals surface area contributed by atoms with Crippen molar-refractivity contribution in [1.82, 2.24) is 15.5 Å². The Balaban J connectivity index is 2.58. The maximum absolute atomic E-state index is 11.9. The number of urea groups is 1. The molecule has 1 rings (SSSR count). The van der Waals surface area contributed by atoms with E-state index in [2.05, 4.69) is 10.6 Å². The van der Waals surface area contributed by atoms with E-state index in [1.807, 2.05) is 43.1 Å². The summed E-state index contributed by atoms with van der Waals surface area (Å²) in [4.78, 5) is 25.2. The Morgan fingerprint density at radius 1 is 1.30 bits per heavy atom. The Kier molecular flexibility index (Phi) is 6.18. The molecule has 0 heterocycles. The fourth-order valence-corrected chi connectivity index (χ4v) is 1.81. The molecule has 20 heavy (non-hydrogen) atoms. The second kappa shape index (κ2) is 7.65. The molecule has 0 aliphatic carbocycles. The predicted octanol–water partition coefficient (Wildman–Crippen LogP) is 1.66. The molecule has 0 unspecified atom stereocenters. The summed E-state index contributed by atoms with van der Waals surface area (Å²) < 4.78 is 0. The lowest BCUT2D eigenvalue weighted by Crippen LogP contribution is -2.48. The zero-order valence-electron chi connectivity index (χ0n) is 12.6. The summed E-state index contributed by atoms with van der Waals surface area (Å²) in [5, 5.41) is 4.87. The van der Waals surface area contributed by atoms with Crippen molar-refractivity contribution in [2.24, 2.45) is 0 Å². The van der Waals surface area contributed by atoms with Crippen molar-refractivity contribution in [2.45, 2.75) is 33.4 Å². The van der Waals surface area contributed by atoms with Gasteiger partial charge in [0.15, 0.2) is 0 Å². The maximum Gasteiger partial charge on any atom is 0.321 e. The summed E-state index contributed by atoms with van der Waals surface area (Å²) in [5.74, 6) is -0.299. The van der Waals surface area contributed by atoms with Gasteiger partial charge in [-0.15, -0.1) is 0 Å². The molecule has 0 aromatic heterocycles. The number of carbonyl (C=O) groups is 2. The molecule has 0 aliphatic rings. The smallest absolute Gasteiger partial charge is 0.321 e. The van der Waals surface area contributed by atoms with E-state index in [1.165, 1.54) is 11.1 Å². The summed E-state index contributed by atoms with van der Waals surface area (Å²) >= 11 is 0. The minimum Gasteiger partial charge on any atom is -0.338 e. The quantitative estimate of drug-likeness (QED) is 0.860. The lowest BCUT2D eigenvalue weighted by Gasteiger charge is -2.24. The maximum atomic E-state index is 11.9. The molecule has 2 N–H and O–H groups in total. The average Bonchev–Trinajstić information content (AvgIpc) is 2.40. The summed E-state index contributed by atoms with van der Waals surface area (Å²) in [5.41, 5.74) is 2.36. The highest BCUT2D eigenvalue weighted by Crippen LogP contribution is 2.11. The van der Waals surface area contributed by atoms with Crippen LogP contribution in [0.25, 0.3) is 0 Å². The number of benzene rings is 1. The van der Waals surface area contributed by atoms with Crippen LogP contribution in [0.15, 0.2) is 24.3 Å². The predicted molar refractivity (Wildman–Crippen MR) is 79.3 cm³/mol. The van der Waals surface area contributed by atoms with Crippen LogP contribution in [0.4, 0.5) is 4.79 Å². The summed E-state index contributed by atoms with van der Waals surface area (Å²) in [6.07, 6.45) is 0. The van der Waals surface area contributed by atoms with Gasteiger partial charge in [-0.2, -0.15) is 0 Å². The van der Waals surface area contributed by atoms with Crippen LogP contribution in [0.1, 0.15) is 25.0 Å². The molecule has 0 fully saturated rings. The Morgan fingerprint density at radius 2 is 1.95 bits per heavy atom. The van der Waals surface area contributed by atoms with Crippen LogP contribution >= 0.6 is 0 Å². The molecule has 0 radical (unpaired) electrons. The summed E-state index contributed by atoms with van der Waals surface area (Å²) in [6.45, 7) is 6.79.